The molecular weight excluding hydrogens is 328 g/mol. The Bertz CT molecular complexity index is 824. The SMILES string of the molecule is COc1ccc2cc(C(=O)c3cccc(Br)c3)ccc2c1. The molecule has 0 N–H and O–H groups in total. The highest BCUT2D eigenvalue weighted by atomic mass is 79.9. The van der Waals surface area contributed by atoms with Gasteiger partial charge in [-0.1, -0.05) is 46.3 Å². The van der Waals surface area contributed by atoms with Crippen LogP contribution >= 0.6 is 15.9 Å². The normalized spacial score (nSPS) is 10.6. The minimum atomic E-state index is 0.0222. The molecule has 0 aliphatic heterocycles. The van der Waals surface area contributed by atoms with Gasteiger partial charge in [0.05, 0.1) is 7.11 Å². The van der Waals surface area contributed by atoms with Crippen LogP contribution in [-0.4, -0.2) is 12.9 Å². The molecule has 0 aliphatic rings. The van der Waals surface area contributed by atoms with E-state index in [1.54, 1.807) is 7.11 Å². The zero-order valence-corrected chi connectivity index (χ0v) is 13.1. The van der Waals surface area contributed by atoms with Crippen LogP contribution in [0.15, 0.2) is 65.1 Å². The Hall–Kier alpha value is -2.13. The molecule has 0 aliphatic carbocycles. The third-order valence-electron chi connectivity index (χ3n) is 3.40. The fourth-order valence-corrected chi connectivity index (χ4v) is 2.69. The number of halogens is 1. The Morgan fingerprint density at radius 3 is 2.38 bits per heavy atom. The molecule has 0 spiro atoms. The van der Waals surface area contributed by atoms with E-state index >= 15 is 0 Å². The monoisotopic (exact) mass is 340 g/mol. The molecule has 0 unspecified atom stereocenters. The van der Waals surface area contributed by atoms with E-state index in [0.717, 1.165) is 21.0 Å². The van der Waals surface area contributed by atoms with Crippen LogP contribution in [0.1, 0.15) is 15.9 Å². The number of fused-ring (bicyclic) bond motifs is 1. The standard InChI is InChI=1S/C18H13BrO2/c1-21-17-8-7-12-9-15(6-5-13(12)11-17)18(20)14-3-2-4-16(19)10-14/h2-11H,1H3. The lowest BCUT2D eigenvalue weighted by Crippen LogP contribution is -2.00. The molecular formula is C18H13BrO2. The quantitative estimate of drug-likeness (QED) is 0.637. The van der Waals surface area contributed by atoms with Gasteiger partial charge in [-0.25, -0.2) is 0 Å². The van der Waals surface area contributed by atoms with Crippen molar-refractivity contribution in [3.63, 3.8) is 0 Å². The smallest absolute Gasteiger partial charge is 0.193 e. The maximum Gasteiger partial charge on any atom is 0.193 e. The second-order valence-electron chi connectivity index (χ2n) is 4.77. The van der Waals surface area contributed by atoms with Crippen molar-refractivity contribution in [1.29, 1.82) is 0 Å². The van der Waals surface area contributed by atoms with Crippen LogP contribution in [0, 0.1) is 0 Å². The van der Waals surface area contributed by atoms with Gasteiger partial charge in [0.15, 0.2) is 5.78 Å². The van der Waals surface area contributed by atoms with Gasteiger partial charge >= 0.3 is 0 Å². The summed E-state index contributed by atoms with van der Waals surface area (Å²) in [5, 5.41) is 2.08. The average Bonchev–Trinajstić information content (AvgIpc) is 2.53. The predicted molar refractivity (Wildman–Crippen MR) is 88.1 cm³/mol. The number of methoxy groups -OCH3 is 1. The second-order valence-corrected chi connectivity index (χ2v) is 5.68. The van der Waals surface area contributed by atoms with Crippen LogP contribution in [0.4, 0.5) is 0 Å². The average molecular weight is 341 g/mol. The van der Waals surface area contributed by atoms with Gasteiger partial charge in [-0.2, -0.15) is 0 Å². The maximum atomic E-state index is 12.5. The number of benzene rings is 3. The van der Waals surface area contributed by atoms with E-state index in [1.165, 1.54) is 0 Å². The van der Waals surface area contributed by atoms with Gasteiger partial charge in [-0.15, -0.1) is 0 Å². The molecule has 0 aromatic heterocycles. The number of rotatable bonds is 3. The molecule has 0 atom stereocenters. The summed E-state index contributed by atoms with van der Waals surface area (Å²) in [5.41, 5.74) is 1.36. The van der Waals surface area contributed by atoms with Gasteiger partial charge < -0.3 is 4.74 Å². The summed E-state index contributed by atoms with van der Waals surface area (Å²) < 4.78 is 6.11. The third-order valence-corrected chi connectivity index (χ3v) is 3.89. The summed E-state index contributed by atoms with van der Waals surface area (Å²) in [7, 11) is 1.65. The highest BCUT2D eigenvalue weighted by Crippen LogP contribution is 2.23. The number of carbonyl (C=O) groups excluding carboxylic acids is 1. The topological polar surface area (TPSA) is 26.3 Å². The Kier molecular flexibility index (Phi) is 3.76. The van der Waals surface area contributed by atoms with Crippen molar-refractivity contribution >= 4 is 32.5 Å². The number of carbonyl (C=O) groups is 1. The van der Waals surface area contributed by atoms with E-state index < -0.39 is 0 Å². The van der Waals surface area contributed by atoms with E-state index in [0.29, 0.717) is 11.1 Å². The number of ketones is 1. The zero-order valence-electron chi connectivity index (χ0n) is 11.5. The molecule has 2 nitrogen and oxygen atoms in total. The van der Waals surface area contributed by atoms with Gasteiger partial charge in [0.1, 0.15) is 5.75 Å². The van der Waals surface area contributed by atoms with Crippen molar-refractivity contribution < 1.29 is 9.53 Å². The van der Waals surface area contributed by atoms with E-state index in [1.807, 2.05) is 60.7 Å². The van der Waals surface area contributed by atoms with Crippen LogP contribution < -0.4 is 4.74 Å². The van der Waals surface area contributed by atoms with Gasteiger partial charge in [0, 0.05) is 15.6 Å². The second kappa shape index (κ2) is 5.70. The first-order valence-corrected chi connectivity index (χ1v) is 7.35. The minimum absolute atomic E-state index is 0.0222. The third kappa shape index (κ3) is 2.83. The maximum absolute atomic E-state index is 12.5. The van der Waals surface area contributed by atoms with Crippen molar-refractivity contribution in [3.05, 3.63) is 76.3 Å². The molecule has 0 fully saturated rings. The van der Waals surface area contributed by atoms with Gasteiger partial charge in [0.2, 0.25) is 0 Å². The van der Waals surface area contributed by atoms with Crippen LogP contribution in [0.5, 0.6) is 5.75 Å². The van der Waals surface area contributed by atoms with Gasteiger partial charge in [-0.05, 0) is 41.1 Å². The fraction of sp³-hybridized carbons (Fsp3) is 0.0556. The van der Waals surface area contributed by atoms with E-state index in [-0.39, 0.29) is 5.78 Å². The highest BCUT2D eigenvalue weighted by Gasteiger charge is 2.10. The minimum Gasteiger partial charge on any atom is -0.497 e. The summed E-state index contributed by atoms with van der Waals surface area (Å²) in [6, 6.07) is 19.0. The molecule has 0 heterocycles. The van der Waals surface area contributed by atoms with Crippen molar-refractivity contribution in [1.82, 2.24) is 0 Å². The Balaban J connectivity index is 2.03. The molecule has 104 valence electrons. The molecule has 3 aromatic carbocycles. The van der Waals surface area contributed by atoms with Gasteiger partial charge in [-0.3, -0.25) is 4.79 Å². The summed E-state index contributed by atoms with van der Waals surface area (Å²) in [6.07, 6.45) is 0. The van der Waals surface area contributed by atoms with E-state index in [4.69, 9.17) is 4.74 Å². The van der Waals surface area contributed by atoms with Crippen LogP contribution in [0.3, 0.4) is 0 Å². The predicted octanol–water partition coefficient (Wildman–Crippen LogP) is 4.84. The lowest BCUT2D eigenvalue weighted by Gasteiger charge is -2.06. The Labute approximate surface area is 131 Å². The summed E-state index contributed by atoms with van der Waals surface area (Å²) >= 11 is 3.39. The van der Waals surface area contributed by atoms with Crippen LogP contribution in [-0.2, 0) is 0 Å². The molecule has 21 heavy (non-hydrogen) atoms. The number of hydrogen-bond acceptors (Lipinski definition) is 2. The van der Waals surface area contributed by atoms with E-state index in [9.17, 15) is 4.79 Å². The molecule has 0 saturated heterocycles. The summed E-state index contributed by atoms with van der Waals surface area (Å²) in [4.78, 5) is 12.5. The van der Waals surface area contributed by atoms with Crippen LogP contribution in [0.25, 0.3) is 10.8 Å². The number of ether oxygens (including phenoxy) is 1. The fourth-order valence-electron chi connectivity index (χ4n) is 2.29. The lowest BCUT2D eigenvalue weighted by atomic mass is 10.00. The first-order chi connectivity index (χ1) is 10.2. The molecule has 3 rings (SSSR count). The molecule has 0 saturated carbocycles. The molecule has 0 amide bonds. The number of hydrogen-bond donors (Lipinski definition) is 0. The molecule has 0 radical (unpaired) electrons. The zero-order chi connectivity index (χ0) is 14.8. The summed E-state index contributed by atoms with van der Waals surface area (Å²) in [5.74, 6) is 0.836. The van der Waals surface area contributed by atoms with Gasteiger partial charge in [0.25, 0.3) is 0 Å². The first-order valence-electron chi connectivity index (χ1n) is 6.55. The van der Waals surface area contributed by atoms with Crippen molar-refractivity contribution in [2.45, 2.75) is 0 Å². The van der Waals surface area contributed by atoms with Crippen LogP contribution in [0.2, 0.25) is 0 Å². The molecule has 3 aromatic rings. The molecule has 3 heteroatoms. The first kappa shape index (κ1) is 13.8. The van der Waals surface area contributed by atoms with Crippen molar-refractivity contribution in [2.24, 2.45) is 0 Å². The largest absolute Gasteiger partial charge is 0.497 e. The summed E-state index contributed by atoms with van der Waals surface area (Å²) in [6.45, 7) is 0. The van der Waals surface area contributed by atoms with Crippen molar-refractivity contribution in [2.75, 3.05) is 7.11 Å². The van der Waals surface area contributed by atoms with E-state index in [2.05, 4.69) is 15.9 Å². The Morgan fingerprint density at radius 1 is 0.905 bits per heavy atom. The lowest BCUT2D eigenvalue weighted by molar-refractivity contribution is 0.103. The van der Waals surface area contributed by atoms with Crippen molar-refractivity contribution in [3.8, 4) is 5.75 Å². The Morgan fingerprint density at radius 2 is 1.62 bits per heavy atom. The molecule has 0 bridgehead atoms. The highest BCUT2D eigenvalue weighted by molar-refractivity contribution is 9.10.